The molecule has 0 bridgehead atoms. The van der Waals surface area contributed by atoms with Crippen molar-refractivity contribution < 1.29 is 17.9 Å². The van der Waals surface area contributed by atoms with Gasteiger partial charge >= 0.3 is 0 Å². The topological polar surface area (TPSA) is 66.4 Å². The third-order valence-electron chi connectivity index (χ3n) is 2.08. The second-order valence-electron chi connectivity index (χ2n) is 3.62. The highest BCUT2D eigenvalue weighted by Crippen LogP contribution is 2.14. The zero-order valence-electron chi connectivity index (χ0n) is 9.07. The van der Waals surface area contributed by atoms with Gasteiger partial charge < -0.3 is 5.11 Å². The molecule has 0 saturated heterocycles. The summed E-state index contributed by atoms with van der Waals surface area (Å²) in [5, 5.41) is 8.74. The van der Waals surface area contributed by atoms with Crippen LogP contribution in [0, 0.1) is 12.7 Å². The number of aliphatic hydroxyl groups excluding tert-OH is 1. The van der Waals surface area contributed by atoms with E-state index in [0.29, 0.717) is 5.56 Å². The molecule has 0 unspecified atom stereocenters. The van der Waals surface area contributed by atoms with Gasteiger partial charge in [0.1, 0.15) is 5.82 Å². The molecule has 0 aliphatic rings. The van der Waals surface area contributed by atoms with E-state index in [0.717, 1.165) is 6.07 Å². The highest BCUT2D eigenvalue weighted by atomic mass is 32.2. The second kappa shape index (κ2) is 4.90. The standard InChI is InChI=1S/C10H14FNO3S/c1-7-3-4-9(5-10(7)11)16(14,15)12-8(2)6-13/h3-5,8,12-13H,6H2,1-2H3/t8-/m1/s1. The number of rotatable bonds is 4. The molecule has 0 aromatic heterocycles. The van der Waals surface area contributed by atoms with Crippen molar-refractivity contribution in [3.8, 4) is 0 Å². The van der Waals surface area contributed by atoms with Crippen LogP contribution in [0.5, 0.6) is 0 Å². The molecule has 0 amide bonds. The van der Waals surface area contributed by atoms with Crippen molar-refractivity contribution in [2.24, 2.45) is 0 Å². The van der Waals surface area contributed by atoms with Crippen molar-refractivity contribution >= 4 is 10.0 Å². The highest BCUT2D eigenvalue weighted by Gasteiger charge is 2.17. The fraction of sp³-hybridized carbons (Fsp3) is 0.400. The number of hydrogen-bond donors (Lipinski definition) is 2. The molecule has 0 radical (unpaired) electrons. The van der Waals surface area contributed by atoms with Gasteiger partial charge in [-0.15, -0.1) is 0 Å². The smallest absolute Gasteiger partial charge is 0.240 e. The van der Waals surface area contributed by atoms with Gasteiger partial charge in [-0.05, 0) is 31.5 Å². The molecule has 1 aromatic carbocycles. The molecule has 2 N–H and O–H groups in total. The molecule has 1 atom stereocenters. The number of aryl methyl sites for hydroxylation is 1. The summed E-state index contributed by atoms with van der Waals surface area (Å²) in [4.78, 5) is -0.143. The third kappa shape index (κ3) is 3.01. The summed E-state index contributed by atoms with van der Waals surface area (Å²) in [6.45, 7) is 2.76. The van der Waals surface area contributed by atoms with E-state index in [2.05, 4.69) is 4.72 Å². The Hall–Kier alpha value is -0.980. The van der Waals surface area contributed by atoms with E-state index in [1.807, 2.05) is 0 Å². The van der Waals surface area contributed by atoms with Gasteiger partial charge in [0.25, 0.3) is 0 Å². The Morgan fingerprint density at radius 3 is 2.62 bits per heavy atom. The van der Waals surface area contributed by atoms with Crippen LogP contribution < -0.4 is 4.72 Å². The SMILES string of the molecule is Cc1ccc(S(=O)(=O)N[C@H](C)CO)cc1F. The summed E-state index contributed by atoms with van der Waals surface area (Å²) in [7, 11) is -3.76. The minimum Gasteiger partial charge on any atom is -0.395 e. The van der Waals surface area contributed by atoms with Crippen LogP contribution in [0.4, 0.5) is 4.39 Å². The van der Waals surface area contributed by atoms with Gasteiger partial charge in [0.05, 0.1) is 11.5 Å². The summed E-state index contributed by atoms with van der Waals surface area (Å²) in [5.41, 5.74) is 0.383. The van der Waals surface area contributed by atoms with Crippen LogP contribution >= 0.6 is 0 Å². The van der Waals surface area contributed by atoms with E-state index in [1.165, 1.54) is 19.1 Å². The lowest BCUT2D eigenvalue weighted by atomic mass is 10.2. The quantitative estimate of drug-likeness (QED) is 0.826. The van der Waals surface area contributed by atoms with E-state index in [-0.39, 0.29) is 11.5 Å². The fourth-order valence-electron chi connectivity index (χ4n) is 1.11. The molecule has 6 heteroatoms. The van der Waals surface area contributed by atoms with Crippen LogP contribution in [0.1, 0.15) is 12.5 Å². The third-order valence-corrected chi connectivity index (χ3v) is 3.67. The summed E-state index contributed by atoms with van der Waals surface area (Å²) >= 11 is 0. The normalized spacial score (nSPS) is 13.8. The lowest BCUT2D eigenvalue weighted by Gasteiger charge is -2.11. The number of sulfonamides is 1. The van der Waals surface area contributed by atoms with Gasteiger partial charge in [0.15, 0.2) is 0 Å². The van der Waals surface area contributed by atoms with E-state index >= 15 is 0 Å². The van der Waals surface area contributed by atoms with E-state index in [1.54, 1.807) is 6.92 Å². The first kappa shape index (κ1) is 13.1. The Kier molecular flexibility index (Phi) is 4.01. The Morgan fingerprint density at radius 1 is 1.50 bits per heavy atom. The van der Waals surface area contributed by atoms with Crippen molar-refractivity contribution in [2.45, 2.75) is 24.8 Å². The molecule has 1 aromatic rings. The van der Waals surface area contributed by atoms with E-state index in [4.69, 9.17) is 5.11 Å². The number of benzene rings is 1. The van der Waals surface area contributed by atoms with Crippen LogP contribution in [0.2, 0.25) is 0 Å². The average molecular weight is 247 g/mol. The first-order valence-corrected chi connectivity index (χ1v) is 6.24. The molecular weight excluding hydrogens is 233 g/mol. The minimum atomic E-state index is -3.76. The second-order valence-corrected chi connectivity index (χ2v) is 5.33. The number of halogens is 1. The molecule has 0 aliphatic carbocycles. The van der Waals surface area contributed by atoms with Crippen molar-refractivity contribution in [2.75, 3.05) is 6.61 Å². The molecule has 0 saturated carbocycles. The Bertz CT molecular complexity index is 473. The van der Waals surface area contributed by atoms with Gasteiger partial charge in [0, 0.05) is 6.04 Å². The van der Waals surface area contributed by atoms with Crippen molar-refractivity contribution in [3.05, 3.63) is 29.6 Å². The zero-order valence-corrected chi connectivity index (χ0v) is 9.88. The van der Waals surface area contributed by atoms with Crippen LogP contribution in [-0.2, 0) is 10.0 Å². The first-order valence-electron chi connectivity index (χ1n) is 4.76. The number of aliphatic hydroxyl groups is 1. The van der Waals surface area contributed by atoms with Crippen LogP contribution in [0.3, 0.4) is 0 Å². The van der Waals surface area contributed by atoms with Gasteiger partial charge in [-0.2, -0.15) is 0 Å². The monoisotopic (exact) mass is 247 g/mol. The first-order chi connectivity index (χ1) is 7.36. The maximum atomic E-state index is 13.2. The molecule has 1 rings (SSSR count). The Labute approximate surface area is 94.2 Å². The fourth-order valence-corrected chi connectivity index (χ4v) is 2.36. The zero-order chi connectivity index (χ0) is 12.3. The summed E-state index contributed by atoms with van der Waals surface area (Å²) in [6, 6.07) is 3.08. The van der Waals surface area contributed by atoms with Gasteiger partial charge in [-0.1, -0.05) is 6.07 Å². The predicted molar refractivity (Wildman–Crippen MR) is 58.0 cm³/mol. The predicted octanol–water partition coefficient (Wildman–Crippen LogP) is 0.793. The summed E-state index contributed by atoms with van der Waals surface area (Å²) in [5.74, 6) is -0.570. The van der Waals surface area contributed by atoms with Gasteiger partial charge in [-0.25, -0.2) is 17.5 Å². The van der Waals surface area contributed by atoms with Crippen molar-refractivity contribution in [3.63, 3.8) is 0 Å². The molecule has 4 nitrogen and oxygen atoms in total. The molecule has 0 spiro atoms. The molecule has 0 fully saturated rings. The Morgan fingerprint density at radius 2 is 2.12 bits per heavy atom. The minimum absolute atomic E-state index is 0.143. The van der Waals surface area contributed by atoms with Crippen LogP contribution in [0.15, 0.2) is 23.1 Å². The van der Waals surface area contributed by atoms with E-state index in [9.17, 15) is 12.8 Å². The molecular formula is C10H14FNO3S. The molecule has 0 heterocycles. The molecule has 16 heavy (non-hydrogen) atoms. The maximum absolute atomic E-state index is 13.2. The largest absolute Gasteiger partial charge is 0.395 e. The summed E-state index contributed by atoms with van der Waals surface area (Å²) < 4.78 is 38.8. The van der Waals surface area contributed by atoms with Gasteiger partial charge in [0.2, 0.25) is 10.0 Å². The average Bonchev–Trinajstić information content (AvgIpc) is 2.21. The lowest BCUT2D eigenvalue weighted by Crippen LogP contribution is -2.35. The van der Waals surface area contributed by atoms with Crippen molar-refractivity contribution in [1.29, 1.82) is 0 Å². The summed E-state index contributed by atoms with van der Waals surface area (Å²) in [6.07, 6.45) is 0. The van der Waals surface area contributed by atoms with Crippen LogP contribution in [-0.4, -0.2) is 26.2 Å². The Balaban J connectivity index is 3.03. The number of hydrogen-bond acceptors (Lipinski definition) is 3. The van der Waals surface area contributed by atoms with Crippen LogP contribution in [0.25, 0.3) is 0 Å². The maximum Gasteiger partial charge on any atom is 0.240 e. The molecule has 90 valence electrons. The van der Waals surface area contributed by atoms with Crippen molar-refractivity contribution in [1.82, 2.24) is 4.72 Å². The van der Waals surface area contributed by atoms with E-state index < -0.39 is 21.9 Å². The molecule has 0 aliphatic heterocycles. The number of nitrogens with one attached hydrogen (secondary N) is 1. The highest BCUT2D eigenvalue weighted by molar-refractivity contribution is 7.89. The van der Waals surface area contributed by atoms with Gasteiger partial charge in [-0.3, -0.25) is 0 Å². The lowest BCUT2D eigenvalue weighted by molar-refractivity contribution is 0.265.